The number of nitrogens with one attached hydrogen (secondary N) is 2. The fourth-order valence-electron chi connectivity index (χ4n) is 2.80. The Bertz CT molecular complexity index is 686. The molecule has 3 N–H and O–H groups in total. The van der Waals surface area contributed by atoms with Crippen LogP contribution in [0.5, 0.6) is 0 Å². The van der Waals surface area contributed by atoms with E-state index >= 15 is 0 Å². The molecule has 0 bridgehead atoms. The maximum atomic E-state index is 12.2. The summed E-state index contributed by atoms with van der Waals surface area (Å²) in [6.07, 6.45) is 0.507. The Labute approximate surface area is 150 Å². The Morgan fingerprint density at radius 3 is 2.52 bits per heavy atom. The molecule has 4 heteroatoms. The minimum atomic E-state index is -0.466. The minimum absolute atomic E-state index is 0.00354. The molecule has 0 aromatic heterocycles. The van der Waals surface area contributed by atoms with Gasteiger partial charge in [0.25, 0.3) is 0 Å². The molecule has 0 aliphatic carbocycles. The lowest BCUT2D eigenvalue weighted by Gasteiger charge is -2.17. The average Bonchev–Trinajstić information content (AvgIpc) is 2.56. The standard InChI is InChI=1S/C21H28N2O2/c1-15-9-10-20(16(2)11-15)23-21(25)12-17(3)22-14-19(24)13-18-7-5-4-6-8-18/h4-11,17,19,22,24H,12-14H2,1-3H3,(H,23,25)/t17-,19-/m0/s1. The van der Waals surface area contributed by atoms with E-state index in [9.17, 15) is 9.90 Å². The van der Waals surface area contributed by atoms with E-state index in [0.717, 1.165) is 16.8 Å². The van der Waals surface area contributed by atoms with Crippen molar-refractivity contribution in [2.45, 2.75) is 45.8 Å². The van der Waals surface area contributed by atoms with E-state index in [-0.39, 0.29) is 11.9 Å². The van der Waals surface area contributed by atoms with E-state index in [1.807, 2.05) is 63.2 Å². The lowest BCUT2D eigenvalue weighted by molar-refractivity contribution is -0.116. The molecule has 0 saturated heterocycles. The molecule has 134 valence electrons. The smallest absolute Gasteiger partial charge is 0.225 e. The Hall–Kier alpha value is -2.17. The normalized spacial score (nSPS) is 13.3. The van der Waals surface area contributed by atoms with Gasteiger partial charge in [0.1, 0.15) is 0 Å². The highest BCUT2D eigenvalue weighted by molar-refractivity contribution is 5.91. The molecule has 0 radical (unpaired) electrons. The summed E-state index contributed by atoms with van der Waals surface area (Å²) in [5.41, 5.74) is 4.20. The second-order valence-electron chi connectivity index (χ2n) is 6.72. The van der Waals surface area contributed by atoms with Gasteiger partial charge in [-0.1, -0.05) is 48.0 Å². The van der Waals surface area contributed by atoms with Crippen LogP contribution in [0.1, 0.15) is 30.0 Å². The van der Waals surface area contributed by atoms with Crippen LogP contribution in [0.2, 0.25) is 0 Å². The molecule has 25 heavy (non-hydrogen) atoms. The summed E-state index contributed by atoms with van der Waals surface area (Å²) in [7, 11) is 0. The van der Waals surface area contributed by atoms with Crippen LogP contribution in [0.4, 0.5) is 5.69 Å². The minimum Gasteiger partial charge on any atom is -0.391 e. The summed E-state index contributed by atoms with van der Waals surface area (Å²) in [5.74, 6) is -0.0236. The third-order valence-corrected chi connectivity index (χ3v) is 4.16. The lowest BCUT2D eigenvalue weighted by atomic mass is 10.1. The monoisotopic (exact) mass is 340 g/mol. The van der Waals surface area contributed by atoms with Gasteiger partial charge in [-0.25, -0.2) is 0 Å². The molecule has 1 amide bonds. The summed E-state index contributed by atoms with van der Waals surface area (Å²) >= 11 is 0. The molecule has 0 unspecified atom stereocenters. The predicted octanol–water partition coefficient (Wildman–Crippen LogP) is 3.21. The van der Waals surface area contributed by atoms with Gasteiger partial charge in [0.05, 0.1) is 6.10 Å². The van der Waals surface area contributed by atoms with Gasteiger partial charge in [-0.15, -0.1) is 0 Å². The van der Waals surface area contributed by atoms with Crippen molar-refractivity contribution < 1.29 is 9.90 Å². The summed E-state index contributed by atoms with van der Waals surface area (Å²) in [4.78, 5) is 12.2. The van der Waals surface area contributed by atoms with Crippen molar-refractivity contribution in [2.75, 3.05) is 11.9 Å². The molecule has 2 aromatic carbocycles. The van der Waals surface area contributed by atoms with Crippen molar-refractivity contribution in [3.05, 3.63) is 65.2 Å². The molecule has 0 aliphatic rings. The van der Waals surface area contributed by atoms with Crippen LogP contribution in [0.3, 0.4) is 0 Å². The molecule has 4 nitrogen and oxygen atoms in total. The molecule has 0 saturated carbocycles. The Balaban J connectivity index is 1.73. The van der Waals surface area contributed by atoms with Crippen LogP contribution in [-0.4, -0.2) is 29.7 Å². The molecule has 0 fully saturated rings. The second-order valence-corrected chi connectivity index (χ2v) is 6.72. The average molecular weight is 340 g/mol. The van der Waals surface area contributed by atoms with E-state index in [2.05, 4.69) is 16.7 Å². The molecular formula is C21H28N2O2. The molecule has 2 atom stereocenters. The number of carbonyl (C=O) groups is 1. The topological polar surface area (TPSA) is 61.4 Å². The number of hydrogen-bond donors (Lipinski definition) is 3. The first-order valence-corrected chi connectivity index (χ1v) is 8.76. The lowest BCUT2D eigenvalue weighted by Crippen LogP contribution is -2.37. The van der Waals surface area contributed by atoms with Gasteiger partial charge in [-0.05, 0) is 44.4 Å². The fraction of sp³-hybridized carbons (Fsp3) is 0.381. The van der Waals surface area contributed by atoms with E-state index < -0.39 is 6.10 Å². The van der Waals surface area contributed by atoms with Crippen molar-refractivity contribution in [3.8, 4) is 0 Å². The van der Waals surface area contributed by atoms with Gasteiger partial charge in [-0.3, -0.25) is 4.79 Å². The first kappa shape index (κ1) is 19.2. The zero-order valence-electron chi connectivity index (χ0n) is 15.3. The van der Waals surface area contributed by atoms with Gasteiger partial charge >= 0.3 is 0 Å². The molecule has 0 aliphatic heterocycles. The summed E-state index contributed by atoms with van der Waals surface area (Å²) in [6, 6.07) is 15.9. The fourth-order valence-corrected chi connectivity index (χ4v) is 2.80. The summed E-state index contributed by atoms with van der Waals surface area (Å²) in [5, 5.41) is 16.3. The van der Waals surface area contributed by atoms with Crippen molar-refractivity contribution in [2.24, 2.45) is 0 Å². The Morgan fingerprint density at radius 2 is 1.84 bits per heavy atom. The highest BCUT2D eigenvalue weighted by atomic mass is 16.3. The van der Waals surface area contributed by atoms with Gasteiger partial charge in [0.2, 0.25) is 5.91 Å². The Morgan fingerprint density at radius 1 is 1.12 bits per heavy atom. The van der Waals surface area contributed by atoms with Crippen LogP contribution in [0.15, 0.2) is 48.5 Å². The zero-order chi connectivity index (χ0) is 18.2. The highest BCUT2D eigenvalue weighted by Crippen LogP contribution is 2.16. The van der Waals surface area contributed by atoms with Crippen molar-refractivity contribution in [1.29, 1.82) is 0 Å². The number of aliphatic hydroxyl groups excluding tert-OH is 1. The largest absolute Gasteiger partial charge is 0.391 e. The number of hydrogen-bond acceptors (Lipinski definition) is 3. The Kier molecular flexibility index (Phi) is 7.16. The molecule has 0 spiro atoms. The maximum Gasteiger partial charge on any atom is 0.225 e. The van der Waals surface area contributed by atoms with E-state index in [4.69, 9.17) is 0 Å². The number of carbonyl (C=O) groups excluding carboxylic acids is 1. The number of anilines is 1. The van der Waals surface area contributed by atoms with Crippen molar-refractivity contribution in [3.63, 3.8) is 0 Å². The summed E-state index contributed by atoms with van der Waals surface area (Å²) in [6.45, 7) is 6.44. The van der Waals surface area contributed by atoms with Crippen molar-refractivity contribution in [1.82, 2.24) is 5.32 Å². The molecule has 0 heterocycles. The van der Waals surface area contributed by atoms with Gasteiger partial charge in [0.15, 0.2) is 0 Å². The van der Waals surface area contributed by atoms with Crippen molar-refractivity contribution >= 4 is 11.6 Å². The first-order chi connectivity index (χ1) is 11.9. The van der Waals surface area contributed by atoms with Crippen LogP contribution >= 0.6 is 0 Å². The number of aryl methyl sites for hydroxylation is 2. The third-order valence-electron chi connectivity index (χ3n) is 4.16. The number of amides is 1. The number of aliphatic hydroxyl groups is 1. The van der Waals surface area contributed by atoms with Crippen LogP contribution in [0, 0.1) is 13.8 Å². The quantitative estimate of drug-likeness (QED) is 0.691. The maximum absolute atomic E-state index is 12.2. The van der Waals surface area contributed by atoms with Gasteiger partial charge in [-0.2, -0.15) is 0 Å². The number of benzene rings is 2. The van der Waals surface area contributed by atoms with E-state index in [1.54, 1.807) is 0 Å². The summed E-state index contributed by atoms with van der Waals surface area (Å²) < 4.78 is 0. The second kappa shape index (κ2) is 9.35. The highest BCUT2D eigenvalue weighted by Gasteiger charge is 2.12. The first-order valence-electron chi connectivity index (χ1n) is 8.76. The van der Waals surface area contributed by atoms with Gasteiger partial charge < -0.3 is 15.7 Å². The predicted molar refractivity (Wildman–Crippen MR) is 103 cm³/mol. The van der Waals surface area contributed by atoms with E-state index in [0.29, 0.717) is 19.4 Å². The van der Waals surface area contributed by atoms with Crippen LogP contribution in [-0.2, 0) is 11.2 Å². The SMILES string of the molecule is Cc1ccc(NC(=O)C[C@H](C)NC[C@@H](O)Cc2ccccc2)c(C)c1. The van der Waals surface area contributed by atoms with E-state index in [1.165, 1.54) is 5.56 Å². The van der Waals surface area contributed by atoms with Crippen LogP contribution in [0.25, 0.3) is 0 Å². The van der Waals surface area contributed by atoms with Crippen LogP contribution < -0.4 is 10.6 Å². The third kappa shape index (κ3) is 6.69. The number of rotatable bonds is 8. The molecule has 2 rings (SSSR count). The zero-order valence-corrected chi connectivity index (χ0v) is 15.3. The van der Waals surface area contributed by atoms with Gasteiger partial charge in [0, 0.05) is 24.7 Å². The molecular weight excluding hydrogens is 312 g/mol. The molecule has 2 aromatic rings.